The maximum atomic E-state index is 5.25. The van der Waals surface area contributed by atoms with Crippen LogP contribution in [0, 0.1) is 5.92 Å². The van der Waals surface area contributed by atoms with Gasteiger partial charge in [0.25, 0.3) is 0 Å². The van der Waals surface area contributed by atoms with Gasteiger partial charge < -0.3 is 15.4 Å². The fourth-order valence-electron chi connectivity index (χ4n) is 2.76. The molecule has 0 atom stereocenters. The smallest absolute Gasteiger partial charge is 0.191 e. The minimum Gasteiger partial charge on any atom is -0.497 e. The third-order valence-electron chi connectivity index (χ3n) is 4.17. The molecule has 1 saturated carbocycles. The van der Waals surface area contributed by atoms with Crippen LogP contribution >= 0.6 is 0 Å². The third kappa shape index (κ3) is 4.96. The molecule has 2 rings (SSSR count). The molecule has 4 heteroatoms. The topological polar surface area (TPSA) is 45.7 Å². The quantitative estimate of drug-likeness (QED) is 0.662. The summed E-state index contributed by atoms with van der Waals surface area (Å²) in [5.41, 5.74) is 1.19. The van der Waals surface area contributed by atoms with Crippen LogP contribution in [0.25, 0.3) is 0 Å². The van der Waals surface area contributed by atoms with Gasteiger partial charge in [0.05, 0.1) is 7.11 Å². The number of benzene rings is 1. The molecule has 1 aromatic rings. The van der Waals surface area contributed by atoms with Gasteiger partial charge in [-0.15, -0.1) is 0 Å². The van der Waals surface area contributed by atoms with Gasteiger partial charge in [0.15, 0.2) is 5.96 Å². The number of guanidine groups is 1. The minimum atomic E-state index is 0.553. The molecule has 0 radical (unpaired) electrons. The molecule has 0 aliphatic heterocycles. The predicted octanol–water partition coefficient (Wildman–Crippen LogP) is 2.94. The molecule has 1 aromatic carbocycles. The number of nitrogens with zero attached hydrogens (tertiary/aromatic N) is 1. The molecular weight excluding hydrogens is 262 g/mol. The summed E-state index contributed by atoms with van der Waals surface area (Å²) in [6.07, 6.45) is 5.09. The van der Waals surface area contributed by atoms with Gasteiger partial charge in [0, 0.05) is 19.6 Å². The Morgan fingerprint density at radius 1 is 1.29 bits per heavy atom. The van der Waals surface area contributed by atoms with E-state index < -0.39 is 0 Å². The average Bonchev–Trinajstić information content (AvgIpc) is 2.53. The van der Waals surface area contributed by atoms with E-state index in [1.807, 2.05) is 25.2 Å². The predicted molar refractivity (Wildman–Crippen MR) is 87.7 cm³/mol. The van der Waals surface area contributed by atoms with Crippen LogP contribution in [0.3, 0.4) is 0 Å². The molecule has 0 aromatic heterocycles. The highest BCUT2D eigenvalue weighted by Crippen LogP contribution is 2.23. The largest absolute Gasteiger partial charge is 0.497 e. The van der Waals surface area contributed by atoms with Gasteiger partial charge in [-0.25, -0.2) is 0 Å². The second-order valence-electron chi connectivity index (χ2n) is 5.88. The second kappa shape index (κ2) is 7.91. The van der Waals surface area contributed by atoms with E-state index in [2.05, 4.69) is 28.6 Å². The SMILES string of the molecule is CN=C(NCc1cccc(OC)c1)NC1CCC(C)CC1. The van der Waals surface area contributed by atoms with E-state index >= 15 is 0 Å². The summed E-state index contributed by atoms with van der Waals surface area (Å²) in [6.45, 7) is 3.09. The van der Waals surface area contributed by atoms with E-state index in [1.54, 1.807) is 7.11 Å². The molecule has 0 amide bonds. The van der Waals surface area contributed by atoms with Crippen LogP contribution in [0.1, 0.15) is 38.2 Å². The molecule has 1 fully saturated rings. The maximum Gasteiger partial charge on any atom is 0.191 e. The summed E-state index contributed by atoms with van der Waals surface area (Å²) in [6, 6.07) is 8.65. The summed E-state index contributed by atoms with van der Waals surface area (Å²) >= 11 is 0. The summed E-state index contributed by atoms with van der Waals surface area (Å²) in [5, 5.41) is 6.91. The molecule has 21 heavy (non-hydrogen) atoms. The van der Waals surface area contributed by atoms with Crippen LogP contribution in [0.4, 0.5) is 0 Å². The van der Waals surface area contributed by atoms with Gasteiger partial charge >= 0.3 is 0 Å². The van der Waals surface area contributed by atoms with E-state index in [-0.39, 0.29) is 0 Å². The lowest BCUT2D eigenvalue weighted by atomic mass is 9.87. The van der Waals surface area contributed by atoms with Crippen molar-refractivity contribution in [3.8, 4) is 5.75 Å². The van der Waals surface area contributed by atoms with Crippen LogP contribution in [-0.2, 0) is 6.54 Å². The lowest BCUT2D eigenvalue weighted by molar-refractivity contribution is 0.329. The summed E-state index contributed by atoms with van der Waals surface area (Å²) < 4.78 is 5.25. The van der Waals surface area contributed by atoms with Crippen molar-refractivity contribution in [3.05, 3.63) is 29.8 Å². The first-order valence-corrected chi connectivity index (χ1v) is 7.81. The third-order valence-corrected chi connectivity index (χ3v) is 4.17. The van der Waals surface area contributed by atoms with E-state index in [0.717, 1.165) is 24.2 Å². The monoisotopic (exact) mass is 289 g/mol. The number of rotatable bonds is 4. The molecule has 0 bridgehead atoms. The fourth-order valence-corrected chi connectivity index (χ4v) is 2.76. The Bertz CT molecular complexity index is 465. The van der Waals surface area contributed by atoms with E-state index in [1.165, 1.54) is 31.2 Å². The molecule has 0 unspecified atom stereocenters. The molecule has 0 spiro atoms. The van der Waals surface area contributed by atoms with Crippen LogP contribution in [0.15, 0.2) is 29.3 Å². The molecule has 4 nitrogen and oxygen atoms in total. The van der Waals surface area contributed by atoms with Gasteiger partial charge in [-0.2, -0.15) is 0 Å². The van der Waals surface area contributed by atoms with Crippen molar-refractivity contribution in [3.63, 3.8) is 0 Å². The Morgan fingerprint density at radius 2 is 2.05 bits per heavy atom. The van der Waals surface area contributed by atoms with Gasteiger partial charge in [-0.3, -0.25) is 4.99 Å². The highest BCUT2D eigenvalue weighted by molar-refractivity contribution is 5.79. The van der Waals surface area contributed by atoms with Crippen molar-refractivity contribution in [1.82, 2.24) is 10.6 Å². The Labute approximate surface area is 128 Å². The molecule has 116 valence electrons. The number of aliphatic imine (C=N–C) groups is 1. The van der Waals surface area contributed by atoms with Crippen LogP contribution in [-0.4, -0.2) is 26.2 Å². The zero-order valence-electron chi connectivity index (χ0n) is 13.4. The van der Waals surface area contributed by atoms with Crippen molar-refractivity contribution < 1.29 is 4.74 Å². The number of hydrogen-bond acceptors (Lipinski definition) is 2. The van der Waals surface area contributed by atoms with E-state index in [0.29, 0.717) is 6.04 Å². The Balaban J connectivity index is 1.82. The zero-order valence-corrected chi connectivity index (χ0v) is 13.4. The molecule has 1 aliphatic carbocycles. The van der Waals surface area contributed by atoms with Crippen LogP contribution in [0.5, 0.6) is 5.75 Å². The summed E-state index contributed by atoms with van der Waals surface area (Å²) in [5.74, 6) is 2.64. The van der Waals surface area contributed by atoms with Crippen molar-refractivity contribution in [2.75, 3.05) is 14.2 Å². The van der Waals surface area contributed by atoms with E-state index in [9.17, 15) is 0 Å². The fraction of sp³-hybridized carbons (Fsp3) is 0.588. The van der Waals surface area contributed by atoms with E-state index in [4.69, 9.17) is 4.74 Å². The summed E-state index contributed by atoms with van der Waals surface area (Å²) in [7, 11) is 3.52. The second-order valence-corrected chi connectivity index (χ2v) is 5.88. The molecule has 2 N–H and O–H groups in total. The van der Waals surface area contributed by atoms with Crippen molar-refractivity contribution in [2.24, 2.45) is 10.9 Å². The molecule has 1 aliphatic rings. The van der Waals surface area contributed by atoms with Crippen molar-refractivity contribution in [1.29, 1.82) is 0 Å². The maximum absolute atomic E-state index is 5.25. The zero-order chi connectivity index (χ0) is 15.1. The van der Waals surface area contributed by atoms with Gasteiger partial charge in [-0.1, -0.05) is 19.1 Å². The Morgan fingerprint density at radius 3 is 2.71 bits per heavy atom. The lowest BCUT2D eigenvalue weighted by Crippen LogP contribution is -2.44. The first kappa shape index (κ1) is 15.7. The van der Waals surface area contributed by atoms with Gasteiger partial charge in [0.1, 0.15) is 5.75 Å². The highest BCUT2D eigenvalue weighted by Gasteiger charge is 2.18. The number of ether oxygens (including phenoxy) is 1. The Hall–Kier alpha value is -1.71. The van der Waals surface area contributed by atoms with Crippen molar-refractivity contribution in [2.45, 2.75) is 45.2 Å². The normalized spacial score (nSPS) is 22.7. The number of nitrogens with one attached hydrogen (secondary N) is 2. The standard InChI is InChI=1S/C17H27N3O/c1-13-7-9-15(10-8-13)20-17(18-2)19-12-14-5-4-6-16(11-14)21-3/h4-6,11,13,15H,7-10,12H2,1-3H3,(H2,18,19,20). The highest BCUT2D eigenvalue weighted by atomic mass is 16.5. The van der Waals surface area contributed by atoms with Crippen LogP contribution in [0.2, 0.25) is 0 Å². The van der Waals surface area contributed by atoms with Crippen molar-refractivity contribution >= 4 is 5.96 Å². The number of hydrogen-bond donors (Lipinski definition) is 2. The van der Waals surface area contributed by atoms with Gasteiger partial charge in [0.2, 0.25) is 0 Å². The number of methoxy groups -OCH3 is 1. The first-order valence-electron chi connectivity index (χ1n) is 7.81. The Kier molecular flexibility index (Phi) is 5.90. The molecule has 0 heterocycles. The average molecular weight is 289 g/mol. The lowest BCUT2D eigenvalue weighted by Gasteiger charge is -2.28. The van der Waals surface area contributed by atoms with Gasteiger partial charge in [-0.05, 0) is 49.3 Å². The molecular formula is C17H27N3O. The first-order chi connectivity index (χ1) is 10.2. The molecule has 0 saturated heterocycles. The minimum absolute atomic E-state index is 0.553. The van der Waals surface area contributed by atoms with Crippen LogP contribution < -0.4 is 15.4 Å². The summed E-state index contributed by atoms with van der Waals surface area (Å²) in [4.78, 5) is 4.32.